The fourth-order valence-corrected chi connectivity index (χ4v) is 2.93. The topological polar surface area (TPSA) is 29.3 Å². The standard InChI is InChI=1S/C13H16N2O/c1-2-10-15-11-3-7-13(15,6-1)8-4-12-5-9-14-16-12/h5,9H,1-3,6-7,10-11H2. The summed E-state index contributed by atoms with van der Waals surface area (Å²) < 4.78 is 5.03. The Morgan fingerprint density at radius 1 is 1.25 bits per heavy atom. The van der Waals surface area contributed by atoms with Crippen molar-refractivity contribution in [1.82, 2.24) is 10.1 Å². The fourth-order valence-electron chi connectivity index (χ4n) is 2.93. The summed E-state index contributed by atoms with van der Waals surface area (Å²) >= 11 is 0. The molecule has 0 radical (unpaired) electrons. The molecule has 1 aromatic heterocycles. The summed E-state index contributed by atoms with van der Waals surface area (Å²) in [6.45, 7) is 2.43. The molecule has 0 spiro atoms. The lowest BCUT2D eigenvalue weighted by molar-refractivity contribution is 0.142. The van der Waals surface area contributed by atoms with Crippen LogP contribution in [0.15, 0.2) is 16.8 Å². The van der Waals surface area contributed by atoms with Crippen LogP contribution in [0.1, 0.15) is 37.9 Å². The normalized spacial score (nSPS) is 29.5. The summed E-state index contributed by atoms with van der Waals surface area (Å²) in [4.78, 5) is 2.56. The average Bonchev–Trinajstić information content (AvgIpc) is 2.96. The predicted molar refractivity (Wildman–Crippen MR) is 60.8 cm³/mol. The number of piperidine rings is 1. The molecule has 2 fully saturated rings. The highest BCUT2D eigenvalue weighted by atomic mass is 16.5. The van der Waals surface area contributed by atoms with E-state index in [0.29, 0.717) is 5.76 Å². The molecule has 2 aliphatic rings. The summed E-state index contributed by atoms with van der Waals surface area (Å²) in [5, 5.41) is 3.68. The van der Waals surface area contributed by atoms with Crippen molar-refractivity contribution in [1.29, 1.82) is 0 Å². The van der Waals surface area contributed by atoms with Crippen LogP contribution in [0.4, 0.5) is 0 Å². The SMILES string of the molecule is C(#CC12CCCCN1CCC2)c1ccno1. The largest absolute Gasteiger partial charge is 0.348 e. The fraction of sp³-hybridized carbons (Fsp3) is 0.615. The quantitative estimate of drug-likeness (QED) is 0.621. The Morgan fingerprint density at radius 3 is 3.00 bits per heavy atom. The second-order valence-electron chi connectivity index (χ2n) is 4.71. The first kappa shape index (κ1) is 9.92. The minimum Gasteiger partial charge on any atom is -0.348 e. The van der Waals surface area contributed by atoms with Gasteiger partial charge in [0.25, 0.3) is 0 Å². The van der Waals surface area contributed by atoms with Crippen LogP contribution in [0.2, 0.25) is 0 Å². The Hall–Kier alpha value is -1.27. The maximum atomic E-state index is 5.03. The molecule has 0 amide bonds. The van der Waals surface area contributed by atoms with Gasteiger partial charge in [-0.05, 0) is 51.1 Å². The molecule has 2 saturated heterocycles. The van der Waals surface area contributed by atoms with E-state index in [0.717, 1.165) is 0 Å². The van der Waals surface area contributed by atoms with Gasteiger partial charge in [-0.15, -0.1) is 0 Å². The molecular formula is C13H16N2O. The highest BCUT2D eigenvalue weighted by Crippen LogP contribution is 2.36. The molecule has 1 atom stereocenters. The first-order valence-electron chi connectivity index (χ1n) is 6.08. The maximum absolute atomic E-state index is 5.03. The van der Waals surface area contributed by atoms with E-state index in [-0.39, 0.29) is 5.54 Å². The van der Waals surface area contributed by atoms with Crippen molar-refractivity contribution in [2.24, 2.45) is 0 Å². The van der Waals surface area contributed by atoms with Gasteiger partial charge in [0.15, 0.2) is 0 Å². The highest BCUT2D eigenvalue weighted by Gasteiger charge is 2.40. The molecule has 0 N–H and O–H groups in total. The number of hydrogen-bond donors (Lipinski definition) is 0. The van der Waals surface area contributed by atoms with Gasteiger partial charge in [0.1, 0.15) is 0 Å². The Bertz CT molecular complexity index is 415. The molecule has 0 bridgehead atoms. The van der Waals surface area contributed by atoms with Crippen molar-refractivity contribution in [3.8, 4) is 11.8 Å². The maximum Gasteiger partial charge on any atom is 0.209 e. The third-order valence-corrected chi connectivity index (χ3v) is 3.75. The third-order valence-electron chi connectivity index (χ3n) is 3.75. The van der Waals surface area contributed by atoms with Crippen LogP contribution in [-0.2, 0) is 0 Å². The Balaban J connectivity index is 1.86. The molecule has 0 aromatic carbocycles. The van der Waals surface area contributed by atoms with Crippen molar-refractivity contribution in [3.05, 3.63) is 18.0 Å². The van der Waals surface area contributed by atoms with Crippen molar-refractivity contribution in [2.45, 2.75) is 37.6 Å². The Kier molecular flexibility index (Phi) is 2.45. The molecule has 3 nitrogen and oxygen atoms in total. The van der Waals surface area contributed by atoms with Crippen molar-refractivity contribution in [2.75, 3.05) is 13.1 Å². The van der Waals surface area contributed by atoms with Crippen LogP contribution in [0.25, 0.3) is 0 Å². The van der Waals surface area contributed by atoms with Crippen LogP contribution in [-0.4, -0.2) is 28.7 Å². The molecule has 0 aliphatic carbocycles. The summed E-state index contributed by atoms with van der Waals surface area (Å²) in [5.41, 5.74) is 0.144. The minimum atomic E-state index is 0.144. The zero-order chi connectivity index (χ0) is 10.8. The van der Waals surface area contributed by atoms with Gasteiger partial charge in [0.05, 0.1) is 11.7 Å². The second kappa shape index (κ2) is 3.95. The van der Waals surface area contributed by atoms with E-state index in [4.69, 9.17) is 4.52 Å². The molecular weight excluding hydrogens is 200 g/mol. The van der Waals surface area contributed by atoms with E-state index in [1.165, 1.54) is 45.2 Å². The van der Waals surface area contributed by atoms with Crippen molar-refractivity contribution < 1.29 is 4.52 Å². The number of nitrogens with zero attached hydrogens (tertiary/aromatic N) is 2. The lowest BCUT2D eigenvalue weighted by Gasteiger charge is -2.38. The summed E-state index contributed by atoms with van der Waals surface area (Å²) in [5.74, 6) is 7.26. The minimum absolute atomic E-state index is 0.144. The van der Waals surface area contributed by atoms with Gasteiger partial charge in [-0.3, -0.25) is 4.90 Å². The van der Waals surface area contributed by atoms with Crippen molar-refractivity contribution >= 4 is 0 Å². The monoisotopic (exact) mass is 216 g/mol. The third kappa shape index (κ3) is 1.64. The van der Waals surface area contributed by atoms with E-state index in [1.807, 2.05) is 6.07 Å². The molecule has 3 rings (SSSR count). The van der Waals surface area contributed by atoms with Gasteiger partial charge in [-0.2, -0.15) is 0 Å². The van der Waals surface area contributed by atoms with Gasteiger partial charge < -0.3 is 4.52 Å². The predicted octanol–water partition coefficient (Wildman–Crippen LogP) is 2.04. The summed E-state index contributed by atoms with van der Waals surface area (Å²) in [7, 11) is 0. The number of rotatable bonds is 0. The first-order chi connectivity index (χ1) is 7.89. The zero-order valence-electron chi connectivity index (χ0n) is 9.41. The van der Waals surface area contributed by atoms with Gasteiger partial charge in [-0.25, -0.2) is 0 Å². The Morgan fingerprint density at radius 2 is 2.12 bits per heavy atom. The van der Waals surface area contributed by atoms with Gasteiger partial charge in [-0.1, -0.05) is 11.1 Å². The molecule has 3 heterocycles. The molecule has 84 valence electrons. The smallest absolute Gasteiger partial charge is 0.209 e. The average molecular weight is 216 g/mol. The molecule has 2 aliphatic heterocycles. The number of hydrogen-bond acceptors (Lipinski definition) is 3. The first-order valence-corrected chi connectivity index (χ1v) is 6.08. The van der Waals surface area contributed by atoms with Gasteiger partial charge in [0.2, 0.25) is 5.76 Å². The van der Waals surface area contributed by atoms with Gasteiger partial charge >= 0.3 is 0 Å². The lowest BCUT2D eigenvalue weighted by atomic mass is 9.87. The summed E-state index contributed by atoms with van der Waals surface area (Å²) in [6.07, 6.45) is 8.00. The van der Waals surface area contributed by atoms with E-state index in [2.05, 4.69) is 21.9 Å². The number of fused-ring (bicyclic) bond motifs is 1. The second-order valence-corrected chi connectivity index (χ2v) is 4.71. The Labute approximate surface area is 95.8 Å². The lowest BCUT2D eigenvalue weighted by Crippen LogP contribution is -2.46. The van der Waals surface area contributed by atoms with E-state index in [1.54, 1.807) is 6.20 Å². The number of aromatic nitrogens is 1. The molecule has 1 aromatic rings. The van der Waals surface area contributed by atoms with Crippen LogP contribution < -0.4 is 0 Å². The van der Waals surface area contributed by atoms with Crippen LogP contribution >= 0.6 is 0 Å². The summed E-state index contributed by atoms with van der Waals surface area (Å²) in [6, 6.07) is 1.83. The van der Waals surface area contributed by atoms with Crippen molar-refractivity contribution in [3.63, 3.8) is 0 Å². The van der Waals surface area contributed by atoms with Crippen LogP contribution in [0, 0.1) is 11.8 Å². The van der Waals surface area contributed by atoms with Crippen LogP contribution in [0.5, 0.6) is 0 Å². The molecule has 1 unspecified atom stereocenters. The van der Waals surface area contributed by atoms with E-state index in [9.17, 15) is 0 Å². The van der Waals surface area contributed by atoms with Crippen LogP contribution in [0.3, 0.4) is 0 Å². The van der Waals surface area contributed by atoms with Gasteiger partial charge in [0, 0.05) is 6.07 Å². The molecule has 0 saturated carbocycles. The van der Waals surface area contributed by atoms with E-state index < -0.39 is 0 Å². The van der Waals surface area contributed by atoms with E-state index >= 15 is 0 Å². The molecule has 16 heavy (non-hydrogen) atoms. The zero-order valence-corrected chi connectivity index (χ0v) is 9.41. The highest BCUT2D eigenvalue weighted by molar-refractivity contribution is 5.30. The molecule has 3 heteroatoms.